The lowest BCUT2D eigenvalue weighted by Gasteiger charge is -2.26. The number of fused-ring (bicyclic) bond motifs is 1. The number of aromatic amines is 1. The number of aryl methyl sites for hydroxylation is 1. The largest absolute Gasteiger partial charge is 0.490 e. The summed E-state index contributed by atoms with van der Waals surface area (Å²) in [6, 6.07) is 8.07. The van der Waals surface area contributed by atoms with Gasteiger partial charge in [0.15, 0.2) is 0 Å². The molecule has 1 N–H and O–H groups in total. The van der Waals surface area contributed by atoms with Crippen molar-refractivity contribution in [1.29, 1.82) is 0 Å². The zero-order valence-electron chi connectivity index (χ0n) is 19.1. The topological polar surface area (TPSA) is 71.1 Å². The normalized spacial score (nSPS) is 14.3. The van der Waals surface area contributed by atoms with Gasteiger partial charge in [-0.3, -0.25) is 14.9 Å². The van der Waals surface area contributed by atoms with Gasteiger partial charge in [0.05, 0.1) is 29.4 Å². The monoisotopic (exact) mass is 462 g/mol. The summed E-state index contributed by atoms with van der Waals surface area (Å²) in [5.74, 6) is -1.24. The average molecular weight is 463 g/mol. The Morgan fingerprint density at radius 3 is 2.74 bits per heavy atom. The molecule has 0 radical (unpaired) electrons. The number of amides is 1. The highest BCUT2D eigenvalue weighted by Crippen LogP contribution is 2.38. The zero-order chi connectivity index (χ0) is 24.0. The number of nitrogens with zero attached hydrogens (tertiary/aromatic N) is 3. The van der Waals surface area contributed by atoms with Crippen LogP contribution in [0.15, 0.2) is 48.8 Å². The smallest absolute Gasteiger partial charge is 0.254 e. The van der Waals surface area contributed by atoms with Gasteiger partial charge < -0.3 is 9.64 Å². The van der Waals surface area contributed by atoms with E-state index in [0.29, 0.717) is 5.56 Å². The van der Waals surface area contributed by atoms with Crippen LogP contribution in [0.4, 0.5) is 8.78 Å². The standard InChI is InChI=1S/C26H24F2N4O2/c1-14-20-13-30-31-25(20)21(12-29-14)15(2)32(3)26(33)17-10-22(28)24(16-5-4-6-18(27)9-16)23(11-17)34-19-7-8-19/h4-6,9-13,15,19H,7-8H2,1-3H3,(H,30,31). The quantitative estimate of drug-likeness (QED) is 0.406. The number of pyridine rings is 1. The third-order valence-electron chi connectivity index (χ3n) is 6.30. The van der Waals surface area contributed by atoms with Gasteiger partial charge in [0.2, 0.25) is 0 Å². The summed E-state index contributed by atoms with van der Waals surface area (Å²) in [6.45, 7) is 3.77. The molecule has 2 aromatic heterocycles. The second-order valence-electron chi connectivity index (χ2n) is 8.71. The van der Waals surface area contributed by atoms with Crippen molar-refractivity contribution < 1.29 is 18.3 Å². The van der Waals surface area contributed by atoms with E-state index in [4.69, 9.17) is 4.74 Å². The lowest BCUT2D eigenvalue weighted by molar-refractivity contribution is 0.0742. The van der Waals surface area contributed by atoms with Gasteiger partial charge in [-0.2, -0.15) is 5.10 Å². The summed E-state index contributed by atoms with van der Waals surface area (Å²) in [4.78, 5) is 19.4. The van der Waals surface area contributed by atoms with Gasteiger partial charge in [0, 0.05) is 35.5 Å². The molecule has 0 bridgehead atoms. The maximum Gasteiger partial charge on any atom is 0.254 e. The molecule has 0 spiro atoms. The predicted octanol–water partition coefficient (Wildman–Crippen LogP) is 5.59. The van der Waals surface area contributed by atoms with E-state index in [1.807, 2.05) is 13.8 Å². The van der Waals surface area contributed by atoms with Gasteiger partial charge in [-0.1, -0.05) is 12.1 Å². The lowest BCUT2D eigenvalue weighted by atomic mass is 10.00. The Morgan fingerprint density at radius 1 is 1.21 bits per heavy atom. The van der Waals surface area contributed by atoms with E-state index in [2.05, 4.69) is 15.2 Å². The van der Waals surface area contributed by atoms with Crippen LogP contribution in [-0.2, 0) is 0 Å². The van der Waals surface area contributed by atoms with E-state index in [1.54, 1.807) is 31.6 Å². The van der Waals surface area contributed by atoms with Crippen LogP contribution >= 0.6 is 0 Å². The Bertz CT molecular complexity index is 1400. The highest BCUT2D eigenvalue weighted by molar-refractivity contribution is 5.96. The number of ether oxygens (including phenoxy) is 1. The minimum absolute atomic E-state index is 0.0268. The molecule has 0 aliphatic heterocycles. The molecular weight excluding hydrogens is 438 g/mol. The fraction of sp³-hybridized carbons (Fsp3) is 0.269. The molecule has 2 aromatic carbocycles. The number of benzene rings is 2. The first kappa shape index (κ1) is 22.0. The Kier molecular flexibility index (Phi) is 5.51. The summed E-state index contributed by atoms with van der Waals surface area (Å²) in [7, 11) is 1.66. The van der Waals surface area contributed by atoms with Crippen LogP contribution in [-0.4, -0.2) is 39.1 Å². The molecule has 6 nitrogen and oxygen atoms in total. The maximum absolute atomic E-state index is 15.4. The fourth-order valence-electron chi connectivity index (χ4n) is 4.07. The van der Waals surface area contributed by atoms with Crippen LogP contribution in [0.3, 0.4) is 0 Å². The number of carbonyl (C=O) groups excluding carboxylic acids is 1. The van der Waals surface area contributed by atoms with Crippen LogP contribution in [0.5, 0.6) is 5.75 Å². The molecule has 5 rings (SSSR count). The maximum atomic E-state index is 15.4. The number of halogens is 2. The van der Waals surface area contributed by atoms with Crippen LogP contribution in [0.2, 0.25) is 0 Å². The van der Waals surface area contributed by atoms with E-state index in [-0.39, 0.29) is 34.9 Å². The minimum atomic E-state index is -0.638. The van der Waals surface area contributed by atoms with Gasteiger partial charge in [0.25, 0.3) is 5.91 Å². The van der Waals surface area contributed by atoms with Crippen LogP contribution in [0.1, 0.15) is 47.4 Å². The Morgan fingerprint density at radius 2 is 2.00 bits per heavy atom. The van der Waals surface area contributed by atoms with E-state index >= 15 is 4.39 Å². The van der Waals surface area contributed by atoms with Gasteiger partial charge in [-0.15, -0.1) is 0 Å². The summed E-state index contributed by atoms with van der Waals surface area (Å²) in [6.07, 6.45) is 5.12. The van der Waals surface area contributed by atoms with E-state index in [0.717, 1.165) is 35.0 Å². The van der Waals surface area contributed by atoms with Crippen molar-refractivity contribution in [2.24, 2.45) is 0 Å². The van der Waals surface area contributed by atoms with Gasteiger partial charge in [-0.05, 0) is 56.5 Å². The van der Waals surface area contributed by atoms with Crippen molar-refractivity contribution >= 4 is 16.8 Å². The van der Waals surface area contributed by atoms with Gasteiger partial charge in [-0.25, -0.2) is 8.78 Å². The number of nitrogens with one attached hydrogen (secondary N) is 1. The summed E-state index contributed by atoms with van der Waals surface area (Å²) >= 11 is 0. The average Bonchev–Trinajstić information content (AvgIpc) is 3.48. The first-order valence-corrected chi connectivity index (χ1v) is 11.2. The Labute approximate surface area is 195 Å². The molecule has 0 saturated heterocycles. The van der Waals surface area contributed by atoms with Crippen molar-refractivity contribution in [2.75, 3.05) is 7.05 Å². The Balaban J connectivity index is 1.51. The number of hydrogen-bond acceptors (Lipinski definition) is 4. The summed E-state index contributed by atoms with van der Waals surface area (Å²) in [5, 5.41) is 7.97. The van der Waals surface area contributed by atoms with E-state index < -0.39 is 11.6 Å². The second kappa shape index (κ2) is 8.52. The van der Waals surface area contributed by atoms with Gasteiger partial charge >= 0.3 is 0 Å². The molecule has 4 aromatic rings. The highest BCUT2D eigenvalue weighted by Gasteiger charge is 2.29. The molecule has 2 heterocycles. The number of hydrogen-bond donors (Lipinski definition) is 1. The fourth-order valence-corrected chi connectivity index (χ4v) is 4.07. The minimum Gasteiger partial charge on any atom is -0.490 e. The van der Waals surface area contributed by atoms with Crippen LogP contribution in [0.25, 0.3) is 22.0 Å². The van der Waals surface area contributed by atoms with Crippen molar-refractivity contribution in [1.82, 2.24) is 20.1 Å². The van der Waals surface area contributed by atoms with Crippen molar-refractivity contribution in [2.45, 2.75) is 38.8 Å². The van der Waals surface area contributed by atoms with E-state index in [1.165, 1.54) is 29.2 Å². The third-order valence-corrected chi connectivity index (χ3v) is 6.30. The number of aromatic nitrogens is 3. The summed E-state index contributed by atoms with van der Waals surface area (Å²) in [5.41, 5.74) is 3.13. The molecule has 34 heavy (non-hydrogen) atoms. The molecule has 1 aliphatic carbocycles. The number of H-pyrrole nitrogens is 1. The highest BCUT2D eigenvalue weighted by atomic mass is 19.1. The number of carbonyl (C=O) groups is 1. The van der Waals surface area contributed by atoms with Gasteiger partial charge in [0.1, 0.15) is 17.4 Å². The van der Waals surface area contributed by atoms with Crippen molar-refractivity contribution in [3.63, 3.8) is 0 Å². The molecular formula is C26H24F2N4O2. The third kappa shape index (κ3) is 4.00. The molecule has 174 valence electrons. The molecule has 1 saturated carbocycles. The SMILES string of the molecule is Cc1ncc(C(C)N(C)C(=O)c2cc(F)c(-c3cccc(F)c3)c(OC3CC3)c2)c2[nH]ncc12. The molecule has 1 aliphatic rings. The number of rotatable bonds is 6. The first-order valence-electron chi connectivity index (χ1n) is 11.2. The molecule has 1 unspecified atom stereocenters. The molecule has 1 fully saturated rings. The lowest BCUT2D eigenvalue weighted by Crippen LogP contribution is -2.30. The second-order valence-corrected chi connectivity index (χ2v) is 8.71. The van der Waals surface area contributed by atoms with Crippen LogP contribution < -0.4 is 4.74 Å². The Hall–Kier alpha value is -3.81. The first-order chi connectivity index (χ1) is 16.3. The zero-order valence-corrected chi connectivity index (χ0v) is 19.1. The van der Waals surface area contributed by atoms with Crippen molar-refractivity contribution in [3.05, 3.63) is 77.2 Å². The predicted molar refractivity (Wildman–Crippen MR) is 125 cm³/mol. The van der Waals surface area contributed by atoms with E-state index in [9.17, 15) is 9.18 Å². The summed E-state index contributed by atoms with van der Waals surface area (Å²) < 4.78 is 35.1. The van der Waals surface area contributed by atoms with Crippen LogP contribution in [0, 0.1) is 18.6 Å². The molecule has 1 atom stereocenters. The van der Waals surface area contributed by atoms with Crippen molar-refractivity contribution in [3.8, 4) is 16.9 Å². The molecule has 8 heteroatoms. The molecule has 1 amide bonds.